The van der Waals surface area contributed by atoms with E-state index < -0.39 is 0 Å². The molecule has 1 aliphatic rings. The van der Waals surface area contributed by atoms with Gasteiger partial charge in [0.15, 0.2) is 5.65 Å². The van der Waals surface area contributed by atoms with Crippen LogP contribution in [0.2, 0.25) is 0 Å². The molecule has 0 radical (unpaired) electrons. The van der Waals surface area contributed by atoms with Gasteiger partial charge in [0.25, 0.3) is 5.91 Å². The van der Waals surface area contributed by atoms with E-state index in [0.717, 1.165) is 28.1 Å². The molecule has 4 rings (SSSR count). The molecule has 3 heterocycles. The molecule has 3 aromatic rings. The first-order chi connectivity index (χ1) is 13.1. The summed E-state index contributed by atoms with van der Waals surface area (Å²) in [4.78, 5) is 25.6. The number of pyridine rings is 1. The van der Waals surface area contributed by atoms with Gasteiger partial charge in [0.05, 0.1) is 28.4 Å². The smallest absolute Gasteiger partial charge is 0.258 e. The molecular formula is C21H28N6O. The molecule has 1 fully saturated rings. The Balaban J connectivity index is 1.79. The van der Waals surface area contributed by atoms with Crippen LogP contribution in [0.3, 0.4) is 0 Å². The fourth-order valence-corrected chi connectivity index (χ4v) is 3.43. The van der Waals surface area contributed by atoms with E-state index in [2.05, 4.69) is 49.9 Å². The number of hydrogen-bond acceptors (Lipinski definition) is 4. The average Bonchev–Trinajstić information content (AvgIpc) is 3.26. The fourth-order valence-electron chi connectivity index (χ4n) is 3.43. The van der Waals surface area contributed by atoms with Crippen molar-refractivity contribution >= 4 is 22.9 Å². The number of aromatic amines is 1. The molecule has 0 atom stereocenters. The Morgan fingerprint density at radius 1 is 1.32 bits per heavy atom. The van der Waals surface area contributed by atoms with Gasteiger partial charge in [0, 0.05) is 17.3 Å². The lowest BCUT2D eigenvalue weighted by Gasteiger charge is -2.20. The van der Waals surface area contributed by atoms with Gasteiger partial charge >= 0.3 is 0 Å². The van der Waals surface area contributed by atoms with Crippen LogP contribution < -0.4 is 5.32 Å². The van der Waals surface area contributed by atoms with Crippen LogP contribution in [0.4, 0.5) is 5.95 Å². The molecule has 7 heteroatoms. The molecule has 148 valence electrons. The molecule has 1 amide bonds. The highest BCUT2D eigenvalue weighted by molar-refractivity contribution is 6.12. The van der Waals surface area contributed by atoms with Crippen molar-refractivity contribution in [1.29, 1.82) is 0 Å². The number of H-pyrrole nitrogens is 1. The van der Waals surface area contributed by atoms with Crippen LogP contribution in [-0.4, -0.2) is 30.6 Å². The van der Waals surface area contributed by atoms with Gasteiger partial charge in [0.2, 0.25) is 5.95 Å². The van der Waals surface area contributed by atoms with Crippen molar-refractivity contribution in [3.05, 3.63) is 34.9 Å². The number of imidazole rings is 1. The summed E-state index contributed by atoms with van der Waals surface area (Å²) < 4.78 is 1.92. The van der Waals surface area contributed by atoms with E-state index in [-0.39, 0.29) is 17.4 Å². The second kappa shape index (κ2) is 6.43. The largest absolute Gasteiger partial charge is 0.328 e. The molecule has 0 aliphatic heterocycles. The molecule has 1 aliphatic carbocycles. The first-order valence-corrected chi connectivity index (χ1v) is 9.92. The first-order valence-electron chi connectivity index (χ1n) is 9.92. The third-order valence-electron chi connectivity index (χ3n) is 5.15. The second-order valence-electron chi connectivity index (χ2n) is 9.03. The van der Waals surface area contributed by atoms with Crippen molar-refractivity contribution in [3.63, 3.8) is 0 Å². The van der Waals surface area contributed by atoms with Crippen LogP contribution in [0.25, 0.3) is 11.0 Å². The van der Waals surface area contributed by atoms with E-state index in [9.17, 15) is 4.79 Å². The number of anilines is 1. The summed E-state index contributed by atoms with van der Waals surface area (Å²) in [6, 6.07) is 1.88. The Morgan fingerprint density at radius 2 is 2.04 bits per heavy atom. The van der Waals surface area contributed by atoms with Crippen LogP contribution in [-0.2, 0) is 5.54 Å². The third kappa shape index (κ3) is 3.30. The van der Waals surface area contributed by atoms with Crippen LogP contribution in [0.1, 0.15) is 86.7 Å². The maximum atomic E-state index is 13.2. The fraction of sp³-hybridized carbons (Fsp3) is 0.524. The van der Waals surface area contributed by atoms with E-state index in [4.69, 9.17) is 10.1 Å². The molecule has 7 nitrogen and oxygen atoms in total. The van der Waals surface area contributed by atoms with Gasteiger partial charge in [-0.2, -0.15) is 5.10 Å². The average molecular weight is 380 g/mol. The van der Waals surface area contributed by atoms with Crippen molar-refractivity contribution in [2.75, 3.05) is 5.32 Å². The number of carbonyl (C=O) groups excluding carboxylic acids is 1. The van der Waals surface area contributed by atoms with Crippen LogP contribution in [0.5, 0.6) is 0 Å². The zero-order chi connectivity index (χ0) is 20.2. The van der Waals surface area contributed by atoms with Crippen LogP contribution in [0, 0.1) is 6.92 Å². The minimum absolute atomic E-state index is 0.192. The number of aromatic nitrogens is 5. The summed E-state index contributed by atoms with van der Waals surface area (Å²) in [5, 5.41) is 8.42. The van der Waals surface area contributed by atoms with Gasteiger partial charge in [-0.05, 0) is 52.5 Å². The summed E-state index contributed by atoms with van der Waals surface area (Å²) in [7, 11) is 0. The van der Waals surface area contributed by atoms with E-state index in [1.807, 2.05) is 23.9 Å². The van der Waals surface area contributed by atoms with E-state index in [0.29, 0.717) is 17.4 Å². The van der Waals surface area contributed by atoms with Crippen molar-refractivity contribution in [2.24, 2.45) is 0 Å². The van der Waals surface area contributed by atoms with Gasteiger partial charge in [-0.1, -0.05) is 13.8 Å². The Bertz CT molecular complexity index is 1050. The number of fused-ring (bicyclic) bond motifs is 1. The van der Waals surface area contributed by atoms with Gasteiger partial charge in [-0.15, -0.1) is 0 Å². The molecule has 0 bridgehead atoms. The number of nitrogens with one attached hydrogen (secondary N) is 2. The van der Waals surface area contributed by atoms with E-state index >= 15 is 0 Å². The summed E-state index contributed by atoms with van der Waals surface area (Å²) in [6.07, 6.45) is 4.19. The molecule has 0 saturated heterocycles. The van der Waals surface area contributed by atoms with E-state index in [1.165, 1.54) is 12.8 Å². The van der Waals surface area contributed by atoms with Gasteiger partial charge in [-0.25, -0.2) is 14.6 Å². The summed E-state index contributed by atoms with van der Waals surface area (Å²) in [5.41, 5.74) is 3.88. The normalized spacial score (nSPS) is 14.8. The zero-order valence-electron chi connectivity index (χ0n) is 17.4. The summed E-state index contributed by atoms with van der Waals surface area (Å²) >= 11 is 0. The molecule has 0 unspecified atom stereocenters. The van der Waals surface area contributed by atoms with Crippen molar-refractivity contribution in [1.82, 2.24) is 24.7 Å². The predicted molar refractivity (Wildman–Crippen MR) is 110 cm³/mol. The number of nitrogens with zero attached hydrogens (tertiary/aromatic N) is 4. The number of hydrogen-bond donors (Lipinski definition) is 2. The predicted octanol–water partition coefficient (Wildman–Crippen LogP) is 4.47. The highest BCUT2D eigenvalue weighted by Gasteiger charge is 2.27. The molecular weight excluding hydrogens is 352 g/mol. The molecule has 1 saturated carbocycles. The van der Waals surface area contributed by atoms with Gasteiger partial charge in [0.1, 0.15) is 0 Å². The van der Waals surface area contributed by atoms with Crippen molar-refractivity contribution in [2.45, 2.75) is 71.8 Å². The minimum atomic E-state index is -0.233. The molecule has 0 aromatic carbocycles. The summed E-state index contributed by atoms with van der Waals surface area (Å²) in [5.74, 6) is 1.06. The number of carbonyl (C=O) groups is 1. The van der Waals surface area contributed by atoms with E-state index in [1.54, 1.807) is 0 Å². The third-order valence-corrected chi connectivity index (χ3v) is 5.15. The summed E-state index contributed by atoms with van der Waals surface area (Å²) in [6.45, 7) is 12.3. The van der Waals surface area contributed by atoms with Crippen molar-refractivity contribution in [3.8, 4) is 0 Å². The molecule has 28 heavy (non-hydrogen) atoms. The number of aryl methyl sites for hydroxylation is 1. The second-order valence-corrected chi connectivity index (χ2v) is 9.03. The first kappa shape index (κ1) is 18.7. The molecule has 3 aromatic heterocycles. The number of rotatable bonds is 4. The Kier molecular flexibility index (Phi) is 4.28. The highest BCUT2D eigenvalue weighted by Crippen LogP contribution is 2.39. The SMILES string of the molecule is Cc1nn(C(C)(C)C)c2nc(C(C)C)cc(C(=O)Nc3ncc(C4CC4)[nH]3)c12. The monoisotopic (exact) mass is 380 g/mol. The van der Waals surface area contributed by atoms with Crippen LogP contribution >= 0.6 is 0 Å². The quantitative estimate of drug-likeness (QED) is 0.699. The lowest BCUT2D eigenvalue weighted by Crippen LogP contribution is -2.24. The maximum absolute atomic E-state index is 13.2. The zero-order valence-corrected chi connectivity index (χ0v) is 17.4. The Morgan fingerprint density at radius 3 is 2.64 bits per heavy atom. The Labute approximate surface area is 165 Å². The molecule has 0 spiro atoms. The minimum Gasteiger partial charge on any atom is -0.328 e. The number of amides is 1. The lowest BCUT2D eigenvalue weighted by molar-refractivity contribution is 0.102. The maximum Gasteiger partial charge on any atom is 0.258 e. The topological polar surface area (TPSA) is 88.5 Å². The van der Waals surface area contributed by atoms with Gasteiger partial charge in [-0.3, -0.25) is 10.1 Å². The van der Waals surface area contributed by atoms with Crippen LogP contribution in [0.15, 0.2) is 12.3 Å². The lowest BCUT2D eigenvalue weighted by atomic mass is 10.0. The standard InChI is InChI=1S/C21H28N6O/c1-11(2)15-9-14(17-12(3)26-27(18(17)23-15)21(4,5)6)19(28)25-20-22-10-16(24-20)13-7-8-13/h9-11,13H,7-8H2,1-6H3,(H2,22,24,25,28). The Hall–Kier alpha value is -2.70. The van der Waals surface area contributed by atoms with Crippen molar-refractivity contribution < 1.29 is 4.79 Å². The van der Waals surface area contributed by atoms with Gasteiger partial charge < -0.3 is 4.98 Å². The highest BCUT2D eigenvalue weighted by atomic mass is 16.1. The molecule has 2 N–H and O–H groups in total.